The van der Waals surface area contributed by atoms with Crippen molar-refractivity contribution >= 4 is 11.8 Å². The Hall–Kier alpha value is 0.270. The van der Waals surface area contributed by atoms with Gasteiger partial charge in [0.05, 0.1) is 0 Å². The van der Waals surface area contributed by atoms with E-state index in [1.807, 2.05) is 0 Å². The van der Waals surface area contributed by atoms with E-state index in [4.69, 9.17) is 5.73 Å². The molecule has 2 nitrogen and oxygen atoms in total. The zero-order valence-corrected chi connectivity index (χ0v) is 10.9. The Balaban J connectivity index is 1.53. The minimum atomic E-state index is 0.284. The molecule has 0 radical (unpaired) electrons. The van der Waals surface area contributed by atoms with E-state index >= 15 is 0 Å². The van der Waals surface area contributed by atoms with Gasteiger partial charge in [-0.15, -0.1) is 0 Å². The van der Waals surface area contributed by atoms with Gasteiger partial charge in [-0.05, 0) is 62.2 Å². The summed E-state index contributed by atoms with van der Waals surface area (Å²) >= 11 is 2.06. The Labute approximate surface area is 103 Å². The van der Waals surface area contributed by atoms with Crippen molar-refractivity contribution in [2.24, 2.45) is 23.5 Å². The number of hydrogen-bond donors (Lipinski definition) is 2. The Morgan fingerprint density at radius 2 is 1.94 bits per heavy atom. The summed E-state index contributed by atoms with van der Waals surface area (Å²) in [4.78, 5) is 0. The normalized spacial score (nSPS) is 34.9. The van der Waals surface area contributed by atoms with E-state index in [2.05, 4.69) is 17.1 Å². The molecule has 1 atom stereocenters. The lowest BCUT2D eigenvalue weighted by Crippen LogP contribution is -2.53. The molecule has 1 heterocycles. The maximum atomic E-state index is 5.96. The van der Waals surface area contributed by atoms with Crippen molar-refractivity contribution in [2.75, 3.05) is 24.6 Å². The predicted octanol–water partition coefficient (Wildman–Crippen LogP) is 1.85. The second-order valence-corrected chi connectivity index (χ2v) is 7.11. The van der Waals surface area contributed by atoms with Crippen molar-refractivity contribution in [3.63, 3.8) is 0 Å². The van der Waals surface area contributed by atoms with Gasteiger partial charge in [0.25, 0.3) is 0 Å². The smallest absolute Gasteiger partial charge is 0.0403 e. The summed E-state index contributed by atoms with van der Waals surface area (Å²) in [5.74, 6) is 5.62. The summed E-state index contributed by atoms with van der Waals surface area (Å²) in [6.45, 7) is 2.06. The highest BCUT2D eigenvalue weighted by atomic mass is 32.2. The average molecular weight is 240 g/mol. The van der Waals surface area contributed by atoms with Crippen LogP contribution in [0, 0.1) is 17.8 Å². The Morgan fingerprint density at radius 1 is 1.25 bits per heavy atom. The Kier molecular flexibility index (Phi) is 3.20. The third-order valence-corrected chi connectivity index (χ3v) is 5.91. The van der Waals surface area contributed by atoms with E-state index in [1.54, 1.807) is 0 Å². The number of hydrogen-bond acceptors (Lipinski definition) is 3. The van der Waals surface area contributed by atoms with Crippen molar-refractivity contribution < 1.29 is 0 Å². The molecule has 0 aromatic carbocycles. The fourth-order valence-corrected chi connectivity index (χ4v) is 4.52. The van der Waals surface area contributed by atoms with Gasteiger partial charge in [0, 0.05) is 17.8 Å². The molecule has 0 spiro atoms. The van der Waals surface area contributed by atoms with Crippen LogP contribution in [-0.2, 0) is 0 Å². The van der Waals surface area contributed by atoms with Crippen molar-refractivity contribution in [3.8, 4) is 0 Å². The Bertz CT molecular complexity index is 230. The first-order chi connectivity index (χ1) is 7.83. The molecule has 1 aliphatic heterocycles. The molecular formula is C13H24N2S. The first-order valence-electron chi connectivity index (χ1n) is 6.86. The molecule has 3 fully saturated rings. The fraction of sp³-hybridized carbons (Fsp3) is 1.00. The standard InChI is InChI=1S/C13H24N2S/c14-8-13(5-6-16-9-13)15-7-12(10-1-2-10)11-3-4-11/h10-12,15H,1-9,14H2. The predicted molar refractivity (Wildman–Crippen MR) is 70.7 cm³/mol. The van der Waals surface area contributed by atoms with Crippen molar-refractivity contribution in [1.82, 2.24) is 5.32 Å². The lowest BCUT2D eigenvalue weighted by atomic mass is 9.94. The highest BCUT2D eigenvalue weighted by Crippen LogP contribution is 2.49. The molecule has 2 aliphatic carbocycles. The molecule has 0 amide bonds. The second kappa shape index (κ2) is 4.51. The molecule has 92 valence electrons. The van der Waals surface area contributed by atoms with Gasteiger partial charge in [-0.1, -0.05) is 0 Å². The van der Waals surface area contributed by atoms with Crippen LogP contribution in [-0.4, -0.2) is 30.1 Å². The van der Waals surface area contributed by atoms with Crippen LogP contribution in [0.15, 0.2) is 0 Å². The van der Waals surface area contributed by atoms with E-state index in [-0.39, 0.29) is 5.54 Å². The highest BCUT2D eigenvalue weighted by Gasteiger charge is 2.42. The summed E-state index contributed by atoms with van der Waals surface area (Å²) in [6.07, 6.45) is 7.25. The fourth-order valence-electron chi connectivity index (χ4n) is 3.08. The maximum Gasteiger partial charge on any atom is 0.0403 e. The zero-order valence-electron chi connectivity index (χ0n) is 10.1. The second-order valence-electron chi connectivity index (χ2n) is 6.01. The molecule has 1 saturated heterocycles. The molecule has 3 heteroatoms. The van der Waals surface area contributed by atoms with Crippen molar-refractivity contribution in [3.05, 3.63) is 0 Å². The molecule has 2 saturated carbocycles. The molecule has 0 bridgehead atoms. The molecule has 3 N–H and O–H groups in total. The average Bonchev–Trinajstić information content (AvgIpc) is 3.21. The Morgan fingerprint density at radius 3 is 2.38 bits per heavy atom. The molecule has 0 aromatic rings. The molecule has 3 rings (SSSR count). The van der Waals surface area contributed by atoms with Gasteiger partial charge in [-0.2, -0.15) is 11.8 Å². The minimum Gasteiger partial charge on any atom is -0.329 e. The maximum absolute atomic E-state index is 5.96. The monoisotopic (exact) mass is 240 g/mol. The topological polar surface area (TPSA) is 38.0 Å². The summed E-state index contributed by atoms with van der Waals surface area (Å²) in [7, 11) is 0. The third kappa shape index (κ3) is 2.41. The van der Waals surface area contributed by atoms with Crippen molar-refractivity contribution in [1.29, 1.82) is 0 Å². The van der Waals surface area contributed by atoms with Crippen LogP contribution in [0.4, 0.5) is 0 Å². The van der Waals surface area contributed by atoms with Crippen LogP contribution < -0.4 is 11.1 Å². The van der Waals surface area contributed by atoms with Crippen LogP contribution >= 0.6 is 11.8 Å². The van der Waals surface area contributed by atoms with Crippen LogP contribution in [0.2, 0.25) is 0 Å². The summed E-state index contributed by atoms with van der Waals surface area (Å²) < 4.78 is 0. The summed E-state index contributed by atoms with van der Waals surface area (Å²) in [5, 5.41) is 3.84. The van der Waals surface area contributed by atoms with Crippen LogP contribution in [0.5, 0.6) is 0 Å². The van der Waals surface area contributed by atoms with Crippen LogP contribution in [0.1, 0.15) is 32.1 Å². The SMILES string of the molecule is NCC1(NCC(C2CC2)C2CC2)CCSC1. The largest absolute Gasteiger partial charge is 0.329 e. The van der Waals surface area contributed by atoms with E-state index in [9.17, 15) is 0 Å². The number of rotatable bonds is 6. The molecule has 16 heavy (non-hydrogen) atoms. The third-order valence-electron chi connectivity index (χ3n) is 4.66. The van der Waals surface area contributed by atoms with Gasteiger partial charge in [-0.3, -0.25) is 0 Å². The highest BCUT2D eigenvalue weighted by molar-refractivity contribution is 7.99. The molecular weight excluding hydrogens is 216 g/mol. The van der Waals surface area contributed by atoms with E-state index in [0.717, 1.165) is 24.3 Å². The minimum absolute atomic E-state index is 0.284. The lowest BCUT2D eigenvalue weighted by Gasteiger charge is -2.30. The molecule has 3 aliphatic rings. The first kappa shape index (κ1) is 11.4. The molecule has 1 unspecified atom stereocenters. The summed E-state index contributed by atoms with van der Waals surface area (Å²) in [6, 6.07) is 0. The van der Waals surface area contributed by atoms with E-state index in [1.165, 1.54) is 50.2 Å². The van der Waals surface area contributed by atoms with Crippen LogP contribution in [0.3, 0.4) is 0 Å². The van der Waals surface area contributed by atoms with E-state index < -0.39 is 0 Å². The first-order valence-corrected chi connectivity index (χ1v) is 8.01. The van der Waals surface area contributed by atoms with Gasteiger partial charge >= 0.3 is 0 Å². The lowest BCUT2D eigenvalue weighted by molar-refractivity contribution is 0.300. The van der Waals surface area contributed by atoms with E-state index in [0.29, 0.717) is 0 Å². The van der Waals surface area contributed by atoms with Crippen molar-refractivity contribution in [2.45, 2.75) is 37.6 Å². The van der Waals surface area contributed by atoms with Gasteiger partial charge in [-0.25, -0.2) is 0 Å². The zero-order chi connectivity index (χ0) is 11.0. The quantitative estimate of drug-likeness (QED) is 0.744. The van der Waals surface area contributed by atoms with Gasteiger partial charge < -0.3 is 11.1 Å². The summed E-state index contributed by atoms with van der Waals surface area (Å²) in [5.41, 5.74) is 6.25. The molecule has 0 aromatic heterocycles. The van der Waals surface area contributed by atoms with Gasteiger partial charge in [0.1, 0.15) is 0 Å². The van der Waals surface area contributed by atoms with Gasteiger partial charge in [0.2, 0.25) is 0 Å². The van der Waals surface area contributed by atoms with Crippen LogP contribution in [0.25, 0.3) is 0 Å². The van der Waals surface area contributed by atoms with Gasteiger partial charge in [0.15, 0.2) is 0 Å². The number of nitrogens with one attached hydrogen (secondary N) is 1. The number of thioether (sulfide) groups is 1. The number of nitrogens with two attached hydrogens (primary N) is 1.